The molecule has 2 fully saturated rings. The molecule has 0 aliphatic carbocycles. The fraction of sp³-hybridized carbons (Fsp3) is 0.360. The molecule has 176 valence electrons. The quantitative estimate of drug-likeness (QED) is 0.725. The molecule has 0 aromatic heterocycles. The van der Waals surface area contributed by atoms with E-state index in [9.17, 15) is 19.2 Å². The minimum atomic E-state index is -0.936. The van der Waals surface area contributed by atoms with Gasteiger partial charge in [0.15, 0.2) is 0 Å². The lowest BCUT2D eigenvalue weighted by Crippen LogP contribution is -2.63. The molecule has 0 bridgehead atoms. The van der Waals surface area contributed by atoms with Gasteiger partial charge in [-0.05, 0) is 56.5 Å². The van der Waals surface area contributed by atoms with Crippen molar-refractivity contribution in [3.8, 4) is 0 Å². The van der Waals surface area contributed by atoms with Crippen molar-refractivity contribution in [2.45, 2.75) is 38.3 Å². The van der Waals surface area contributed by atoms with Crippen molar-refractivity contribution in [3.63, 3.8) is 0 Å². The van der Waals surface area contributed by atoms with Gasteiger partial charge in [-0.2, -0.15) is 0 Å². The molecule has 3 aliphatic heterocycles. The first kappa shape index (κ1) is 22.4. The number of para-hydroxylation sites is 1. The fourth-order valence-electron chi connectivity index (χ4n) is 5.17. The van der Waals surface area contributed by atoms with E-state index >= 15 is 0 Å². The van der Waals surface area contributed by atoms with Gasteiger partial charge < -0.3 is 15.1 Å². The van der Waals surface area contributed by atoms with Crippen molar-refractivity contribution in [1.29, 1.82) is 0 Å². The Labute approximate surface area is 202 Å². The smallest absolute Gasteiger partial charge is 0.258 e. The topological polar surface area (TPSA) is 90.0 Å². The van der Waals surface area contributed by atoms with Gasteiger partial charge in [0.05, 0.1) is 22.5 Å². The summed E-state index contributed by atoms with van der Waals surface area (Å²) < 4.78 is 0. The third kappa shape index (κ3) is 3.62. The minimum Gasteiger partial charge on any atom is -0.339 e. The average molecular weight is 481 g/mol. The number of nitrogens with zero attached hydrogens (tertiary/aromatic N) is 3. The second kappa shape index (κ2) is 8.43. The molecular formula is C25H25ClN4O4. The second-order valence-corrected chi connectivity index (χ2v) is 9.53. The van der Waals surface area contributed by atoms with E-state index in [0.29, 0.717) is 53.5 Å². The van der Waals surface area contributed by atoms with Crippen LogP contribution in [0.15, 0.2) is 42.5 Å². The van der Waals surface area contributed by atoms with Crippen LogP contribution in [0, 0.1) is 0 Å². The summed E-state index contributed by atoms with van der Waals surface area (Å²) in [5, 5.41) is 3.20. The maximum atomic E-state index is 13.4. The van der Waals surface area contributed by atoms with E-state index in [2.05, 4.69) is 5.32 Å². The van der Waals surface area contributed by atoms with Crippen LogP contribution < -0.4 is 10.2 Å². The summed E-state index contributed by atoms with van der Waals surface area (Å²) in [7, 11) is 0. The van der Waals surface area contributed by atoms with E-state index in [-0.39, 0.29) is 24.3 Å². The van der Waals surface area contributed by atoms with Gasteiger partial charge in [-0.1, -0.05) is 23.7 Å². The predicted octanol–water partition coefficient (Wildman–Crippen LogP) is 3.51. The Hall–Kier alpha value is -3.39. The van der Waals surface area contributed by atoms with Crippen molar-refractivity contribution in [2.24, 2.45) is 0 Å². The molecule has 1 atom stereocenters. The number of hydrogen-bond donors (Lipinski definition) is 1. The summed E-state index contributed by atoms with van der Waals surface area (Å²) in [6.45, 7) is 2.89. The summed E-state index contributed by atoms with van der Waals surface area (Å²) >= 11 is 6.15. The SMILES string of the molecule is CC12CCC(=O)N1c1ccccc1C(=O)N2CC(=O)Nc1ccc(Cl)cc1C(=O)N1CCCC1. The van der Waals surface area contributed by atoms with Gasteiger partial charge in [-0.3, -0.25) is 24.1 Å². The summed E-state index contributed by atoms with van der Waals surface area (Å²) in [6, 6.07) is 11.7. The number of hydrogen-bond acceptors (Lipinski definition) is 4. The highest BCUT2D eigenvalue weighted by atomic mass is 35.5. The molecule has 1 unspecified atom stereocenters. The lowest BCUT2D eigenvalue weighted by Gasteiger charge is -2.48. The van der Waals surface area contributed by atoms with Gasteiger partial charge >= 0.3 is 0 Å². The molecule has 3 aliphatic rings. The number of fused-ring (bicyclic) bond motifs is 3. The Morgan fingerprint density at radius 1 is 1.09 bits per heavy atom. The minimum absolute atomic E-state index is 0.0796. The largest absolute Gasteiger partial charge is 0.339 e. The molecule has 9 heteroatoms. The van der Waals surface area contributed by atoms with Crippen molar-refractivity contribution >= 4 is 46.6 Å². The number of carbonyl (C=O) groups excluding carboxylic acids is 4. The molecule has 0 spiro atoms. The monoisotopic (exact) mass is 480 g/mol. The van der Waals surface area contributed by atoms with Crippen LogP contribution in [0.1, 0.15) is 53.3 Å². The van der Waals surface area contributed by atoms with E-state index in [0.717, 1.165) is 12.8 Å². The standard InChI is InChI=1S/C25H25ClN4O4/c1-25-11-10-22(32)30(25)20-7-3-2-6-17(20)24(34)29(25)15-21(31)27-19-9-8-16(26)14-18(19)23(33)28-12-4-5-13-28/h2-3,6-9,14H,4-5,10-13,15H2,1H3,(H,27,31). The molecule has 34 heavy (non-hydrogen) atoms. The molecule has 3 heterocycles. The number of likely N-dealkylation sites (tertiary alicyclic amines) is 1. The molecule has 0 radical (unpaired) electrons. The third-order valence-corrected chi connectivity index (χ3v) is 7.16. The van der Waals surface area contributed by atoms with Gasteiger partial charge in [-0.25, -0.2) is 0 Å². The van der Waals surface area contributed by atoms with Crippen LogP contribution in [-0.2, 0) is 9.59 Å². The molecule has 1 N–H and O–H groups in total. The van der Waals surface area contributed by atoms with Crippen LogP contribution in [-0.4, -0.2) is 58.7 Å². The first-order valence-electron chi connectivity index (χ1n) is 11.4. The maximum Gasteiger partial charge on any atom is 0.258 e. The first-order valence-corrected chi connectivity index (χ1v) is 11.8. The van der Waals surface area contributed by atoms with E-state index < -0.39 is 11.6 Å². The normalized spacial score (nSPS) is 21.5. The summed E-state index contributed by atoms with van der Waals surface area (Å²) in [5.41, 5.74) is 0.695. The molecule has 2 saturated heterocycles. The van der Waals surface area contributed by atoms with Crippen LogP contribution in [0.5, 0.6) is 0 Å². The van der Waals surface area contributed by atoms with E-state index in [1.807, 2.05) is 6.92 Å². The first-order chi connectivity index (χ1) is 16.3. The Balaban J connectivity index is 1.42. The number of nitrogens with one attached hydrogen (secondary N) is 1. The number of amides is 4. The van der Waals surface area contributed by atoms with E-state index in [1.165, 1.54) is 4.90 Å². The third-order valence-electron chi connectivity index (χ3n) is 6.93. The Morgan fingerprint density at radius 3 is 2.59 bits per heavy atom. The lowest BCUT2D eigenvalue weighted by molar-refractivity contribution is -0.120. The van der Waals surface area contributed by atoms with Gasteiger partial charge in [0, 0.05) is 24.5 Å². The van der Waals surface area contributed by atoms with Gasteiger partial charge in [-0.15, -0.1) is 0 Å². The summed E-state index contributed by atoms with van der Waals surface area (Å²) in [4.78, 5) is 57.1. The summed E-state index contributed by atoms with van der Waals surface area (Å²) in [6.07, 6.45) is 2.61. The van der Waals surface area contributed by atoms with Crippen LogP contribution in [0.3, 0.4) is 0 Å². The molecule has 4 amide bonds. The van der Waals surface area contributed by atoms with Crippen molar-refractivity contribution in [2.75, 3.05) is 29.9 Å². The maximum absolute atomic E-state index is 13.4. The molecule has 0 saturated carbocycles. The zero-order chi connectivity index (χ0) is 24.0. The Bertz CT molecular complexity index is 1210. The Kier molecular flexibility index (Phi) is 5.56. The van der Waals surface area contributed by atoms with E-state index in [4.69, 9.17) is 11.6 Å². The van der Waals surface area contributed by atoms with Gasteiger partial charge in [0.1, 0.15) is 12.2 Å². The van der Waals surface area contributed by atoms with Crippen molar-refractivity contribution in [1.82, 2.24) is 9.80 Å². The number of halogens is 1. The average Bonchev–Trinajstić information content (AvgIpc) is 3.46. The molecule has 5 rings (SSSR count). The molecule has 8 nitrogen and oxygen atoms in total. The van der Waals surface area contributed by atoms with Gasteiger partial charge in [0.25, 0.3) is 11.8 Å². The van der Waals surface area contributed by atoms with Crippen molar-refractivity contribution in [3.05, 3.63) is 58.6 Å². The number of benzene rings is 2. The highest BCUT2D eigenvalue weighted by molar-refractivity contribution is 6.31. The molecular weight excluding hydrogens is 456 g/mol. The van der Waals surface area contributed by atoms with Crippen molar-refractivity contribution < 1.29 is 19.2 Å². The highest BCUT2D eigenvalue weighted by Crippen LogP contribution is 2.43. The molecule has 2 aromatic rings. The van der Waals surface area contributed by atoms with Crippen LogP contribution in [0.4, 0.5) is 11.4 Å². The van der Waals surface area contributed by atoms with E-state index in [1.54, 1.807) is 52.3 Å². The Morgan fingerprint density at radius 2 is 1.82 bits per heavy atom. The lowest BCUT2D eigenvalue weighted by atomic mass is 9.98. The number of rotatable bonds is 4. The van der Waals surface area contributed by atoms with Crippen LogP contribution in [0.25, 0.3) is 0 Å². The summed E-state index contributed by atoms with van der Waals surface area (Å²) in [5.74, 6) is -1.02. The number of carbonyl (C=O) groups is 4. The zero-order valence-electron chi connectivity index (χ0n) is 18.8. The molecule has 2 aromatic carbocycles. The highest BCUT2D eigenvalue weighted by Gasteiger charge is 2.53. The predicted molar refractivity (Wildman–Crippen MR) is 128 cm³/mol. The zero-order valence-corrected chi connectivity index (χ0v) is 19.6. The van der Waals surface area contributed by atoms with Crippen LogP contribution in [0.2, 0.25) is 5.02 Å². The van der Waals surface area contributed by atoms with Crippen LogP contribution >= 0.6 is 11.6 Å². The fourth-order valence-corrected chi connectivity index (χ4v) is 5.34. The van der Waals surface area contributed by atoms with Gasteiger partial charge in [0.2, 0.25) is 11.8 Å². The number of anilines is 2. The second-order valence-electron chi connectivity index (χ2n) is 9.09.